The first-order valence-corrected chi connectivity index (χ1v) is 13.6. The number of alkyl carbamates (subject to hydrolysis) is 1. The Balaban J connectivity index is 1.44. The van der Waals surface area contributed by atoms with Gasteiger partial charge >= 0.3 is 18.3 Å². The molecule has 214 valence electrons. The van der Waals surface area contributed by atoms with E-state index in [1.807, 2.05) is 35.2 Å². The molecule has 3 amide bonds. The molecule has 1 saturated carbocycles. The lowest BCUT2D eigenvalue weighted by molar-refractivity contribution is -0.135. The van der Waals surface area contributed by atoms with E-state index in [1.165, 1.54) is 0 Å². The van der Waals surface area contributed by atoms with Crippen LogP contribution in [0.4, 0.5) is 28.4 Å². The quantitative estimate of drug-likeness (QED) is 0.343. The highest BCUT2D eigenvalue weighted by atomic mass is 19.4. The van der Waals surface area contributed by atoms with Crippen LogP contribution in [-0.4, -0.2) is 44.4 Å². The van der Waals surface area contributed by atoms with Gasteiger partial charge in [-0.15, -0.1) is 0 Å². The maximum absolute atomic E-state index is 13.6. The zero-order valence-electron chi connectivity index (χ0n) is 22.9. The largest absolute Gasteiger partial charge is 0.444 e. The number of hydrogen-bond donors (Lipinski definition) is 1. The highest BCUT2D eigenvalue weighted by Gasteiger charge is 2.39. The number of rotatable bonds is 8. The molecule has 2 aliphatic rings. The molecule has 0 bridgehead atoms. The van der Waals surface area contributed by atoms with Gasteiger partial charge in [-0.3, -0.25) is 4.90 Å². The molecule has 1 aromatic heterocycles. The number of hydrogen-bond acceptors (Lipinski definition) is 4. The fourth-order valence-corrected chi connectivity index (χ4v) is 5.01. The van der Waals surface area contributed by atoms with Gasteiger partial charge < -0.3 is 19.5 Å². The van der Waals surface area contributed by atoms with Crippen molar-refractivity contribution < 1.29 is 27.5 Å². The second-order valence-corrected chi connectivity index (χ2v) is 11.4. The van der Waals surface area contributed by atoms with Gasteiger partial charge in [-0.05, 0) is 69.4 Å². The fraction of sp³-hybridized carbons (Fsp3) is 0.483. The van der Waals surface area contributed by atoms with Crippen molar-refractivity contribution in [2.24, 2.45) is 0 Å². The zero-order chi connectivity index (χ0) is 28.7. The summed E-state index contributed by atoms with van der Waals surface area (Å²) < 4.78 is 46.0. The van der Waals surface area contributed by atoms with Crippen molar-refractivity contribution in [1.29, 1.82) is 0 Å². The monoisotopic (exact) mass is 557 g/mol. The van der Waals surface area contributed by atoms with Crippen molar-refractivity contribution in [2.45, 2.75) is 90.5 Å². The number of amides is 3. The van der Waals surface area contributed by atoms with Crippen LogP contribution in [0.5, 0.6) is 0 Å². The second kappa shape index (κ2) is 10.7. The standard InChI is InChI=1S/C29H34F3N5O3/c1-28(2,3)40-26(38)33-16-19-9-12-24-22(15-19)34-25(35(24)14-6-13-29(30,31)32)18-37-23-8-5-4-7-20(23)17-36(27(37)39)21-10-11-21/h4-5,7-9,12,15,21H,6,10-11,13-14,16-18H2,1-3H3,(H,33,38). The molecule has 2 aromatic carbocycles. The van der Waals surface area contributed by atoms with Gasteiger partial charge in [0, 0.05) is 32.1 Å². The summed E-state index contributed by atoms with van der Waals surface area (Å²) in [5, 5.41) is 2.72. The van der Waals surface area contributed by atoms with E-state index in [4.69, 9.17) is 9.72 Å². The van der Waals surface area contributed by atoms with Crippen LogP contribution in [0.15, 0.2) is 42.5 Å². The van der Waals surface area contributed by atoms with Gasteiger partial charge in [0.1, 0.15) is 11.4 Å². The van der Waals surface area contributed by atoms with Crippen molar-refractivity contribution in [3.05, 3.63) is 59.4 Å². The molecule has 0 spiro atoms. The van der Waals surface area contributed by atoms with Crippen LogP contribution in [0.1, 0.15) is 63.4 Å². The summed E-state index contributed by atoms with van der Waals surface area (Å²) in [7, 11) is 0. The Kier molecular flexibility index (Phi) is 7.41. The van der Waals surface area contributed by atoms with E-state index in [0.29, 0.717) is 23.4 Å². The van der Waals surface area contributed by atoms with Crippen molar-refractivity contribution >= 4 is 28.8 Å². The highest BCUT2D eigenvalue weighted by molar-refractivity contribution is 5.95. The number of carbonyl (C=O) groups is 2. The minimum absolute atomic E-state index is 0.108. The Morgan fingerprint density at radius 3 is 2.58 bits per heavy atom. The Morgan fingerprint density at radius 2 is 1.88 bits per heavy atom. The molecular formula is C29H34F3N5O3. The van der Waals surface area contributed by atoms with Crippen molar-refractivity contribution in [3.8, 4) is 0 Å². The number of urea groups is 1. The number of ether oxygens (including phenoxy) is 1. The maximum atomic E-state index is 13.6. The molecule has 11 heteroatoms. The van der Waals surface area contributed by atoms with E-state index in [0.717, 1.165) is 29.7 Å². The maximum Gasteiger partial charge on any atom is 0.407 e. The molecule has 0 unspecified atom stereocenters. The van der Waals surface area contributed by atoms with E-state index >= 15 is 0 Å². The Bertz CT molecular complexity index is 1410. The molecule has 1 aliphatic heterocycles. The van der Waals surface area contributed by atoms with Crippen LogP contribution in [0, 0.1) is 0 Å². The third kappa shape index (κ3) is 6.51. The van der Waals surface area contributed by atoms with Crippen LogP contribution < -0.4 is 10.2 Å². The van der Waals surface area contributed by atoms with E-state index in [-0.39, 0.29) is 38.1 Å². The van der Waals surface area contributed by atoms with Gasteiger partial charge in [-0.25, -0.2) is 14.6 Å². The van der Waals surface area contributed by atoms with E-state index in [1.54, 1.807) is 42.4 Å². The first kappa shape index (κ1) is 27.8. The summed E-state index contributed by atoms with van der Waals surface area (Å²) in [5.74, 6) is 0.509. The third-order valence-corrected chi connectivity index (χ3v) is 6.96. The Hall–Kier alpha value is -3.76. The Morgan fingerprint density at radius 1 is 1.12 bits per heavy atom. The van der Waals surface area contributed by atoms with Gasteiger partial charge in [0.05, 0.1) is 23.3 Å². The first-order chi connectivity index (χ1) is 18.9. The van der Waals surface area contributed by atoms with Crippen LogP contribution in [0.2, 0.25) is 0 Å². The normalized spacial score (nSPS) is 15.9. The van der Waals surface area contributed by atoms with E-state index in [2.05, 4.69) is 5.32 Å². The molecule has 5 rings (SSSR count). The van der Waals surface area contributed by atoms with Crippen molar-refractivity contribution in [1.82, 2.24) is 19.8 Å². The van der Waals surface area contributed by atoms with Crippen LogP contribution in [-0.2, 0) is 30.9 Å². The van der Waals surface area contributed by atoms with Crippen LogP contribution in [0.25, 0.3) is 11.0 Å². The number of nitrogens with zero attached hydrogens (tertiary/aromatic N) is 4. The molecular weight excluding hydrogens is 523 g/mol. The number of nitrogens with one attached hydrogen (secondary N) is 1. The minimum atomic E-state index is -4.26. The number of anilines is 1. The summed E-state index contributed by atoms with van der Waals surface area (Å²) in [6.45, 7) is 6.33. The van der Waals surface area contributed by atoms with Crippen molar-refractivity contribution in [3.63, 3.8) is 0 Å². The van der Waals surface area contributed by atoms with Gasteiger partial charge in [-0.2, -0.15) is 13.2 Å². The van der Waals surface area contributed by atoms with E-state index in [9.17, 15) is 22.8 Å². The average Bonchev–Trinajstić information content (AvgIpc) is 3.65. The molecule has 1 aliphatic carbocycles. The SMILES string of the molecule is CC(C)(C)OC(=O)NCc1ccc2c(c1)nc(CN1C(=O)N(C3CC3)Cc3ccccc31)n2CCCC(F)(F)F. The highest BCUT2D eigenvalue weighted by Crippen LogP contribution is 2.37. The number of fused-ring (bicyclic) bond motifs is 2. The number of aryl methyl sites for hydroxylation is 1. The number of alkyl halides is 3. The van der Waals surface area contributed by atoms with Gasteiger partial charge in [0.25, 0.3) is 0 Å². The summed E-state index contributed by atoms with van der Waals surface area (Å²) in [6.07, 6.45) is -3.89. The molecule has 0 radical (unpaired) electrons. The van der Waals surface area contributed by atoms with Gasteiger partial charge in [0.2, 0.25) is 0 Å². The second-order valence-electron chi connectivity index (χ2n) is 11.4. The summed E-state index contributed by atoms with van der Waals surface area (Å²) in [5.41, 5.74) is 3.23. The lowest BCUT2D eigenvalue weighted by Gasteiger charge is -2.37. The van der Waals surface area contributed by atoms with Crippen LogP contribution >= 0.6 is 0 Å². The number of aromatic nitrogens is 2. The topological polar surface area (TPSA) is 79.7 Å². The summed E-state index contributed by atoms with van der Waals surface area (Å²) >= 11 is 0. The predicted octanol–water partition coefficient (Wildman–Crippen LogP) is 6.51. The minimum Gasteiger partial charge on any atom is -0.444 e. The number of para-hydroxylation sites is 1. The summed E-state index contributed by atoms with van der Waals surface area (Å²) in [4.78, 5) is 34.0. The van der Waals surface area contributed by atoms with Gasteiger partial charge in [0.15, 0.2) is 0 Å². The molecule has 3 aromatic rings. The zero-order valence-corrected chi connectivity index (χ0v) is 22.9. The molecule has 1 N–H and O–H groups in total. The molecule has 0 atom stereocenters. The molecule has 40 heavy (non-hydrogen) atoms. The lowest BCUT2D eigenvalue weighted by Crippen LogP contribution is -2.48. The molecule has 2 heterocycles. The van der Waals surface area contributed by atoms with Gasteiger partial charge in [-0.1, -0.05) is 24.3 Å². The third-order valence-electron chi connectivity index (χ3n) is 6.96. The van der Waals surface area contributed by atoms with Crippen molar-refractivity contribution in [2.75, 3.05) is 4.90 Å². The average molecular weight is 558 g/mol. The fourth-order valence-electron chi connectivity index (χ4n) is 5.01. The Labute approximate surface area is 231 Å². The number of halogens is 3. The van der Waals surface area contributed by atoms with E-state index < -0.39 is 24.3 Å². The molecule has 1 fully saturated rings. The molecule has 8 nitrogen and oxygen atoms in total. The lowest BCUT2D eigenvalue weighted by atomic mass is 10.1. The number of carbonyl (C=O) groups excluding carboxylic acids is 2. The number of imidazole rings is 1. The van der Waals surface area contributed by atoms with Crippen LogP contribution in [0.3, 0.4) is 0 Å². The summed E-state index contributed by atoms with van der Waals surface area (Å²) in [6, 6.07) is 13.2. The number of benzene rings is 2. The smallest absolute Gasteiger partial charge is 0.407 e. The molecule has 0 saturated heterocycles. The first-order valence-electron chi connectivity index (χ1n) is 13.6. The predicted molar refractivity (Wildman–Crippen MR) is 145 cm³/mol.